The van der Waals surface area contributed by atoms with Gasteiger partial charge in [-0.2, -0.15) is 5.26 Å². The Kier molecular flexibility index (Phi) is 5.77. The predicted octanol–water partition coefficient (Wildman–Crippen LogP) is 1.78. The fourth-order valence-corrected chi connectivity index (χ4v) is 1.42. The van der Waals surface area contributed by atoms with Crippen LogP contribution in [0, 0.1) is 11.3 Å². The van der Waals surface area contributed by atoms with E-state index in [4.69, 9.17) is 20.2 Å². The number of aliphatic carboxylic acids is 1. The molecule has 0 aliphatic carbocycles. The number of aliphatic hydroxyl groups excluding tert-OH is 1. The van der Waals surface area contributed by atoms with Gasteiger partial charge < -0.3 is 20.1 Å². The highest BCUT2D eigenvalue weighted by atomic mass is 16.5. The summed E-state index contributed by atoms with van der Waals surface area (Å²) >= 11 is 0. The molecule has 0 radical (unpaired) electrons. The molecule has 1 aromatic carbocycles. The van der Waals surface area contributed by atoms with Crippen LogP contribution in [0.1, 0.15) is 23.2 Å². The molecule has 0 heterocycles. The number of unbranched alkanes of at least 4 members (excludes halogenated alkanes) is 1. The molecular weight excluding hydrogens is 278 g/mol. The van der Waals surface area contributed by atoms with Gasteiger partial charge in [0.05, 0.1) is 12.7 Å². The molecule has 0 unspecified atom stereocenters. The minimum absolute atomic E-state index is 0.0296. The van der Waals surface area contributed by atoms with Crippen molar-refractivity contribution in [3.63, 3.8) is 0 Å². The van der Waals surface area contributed by atoms with E-state index >= 15 is 0 Å². The third kappa shape index (κ3) is 5.24. The van der Waals surface area contributed by atoms with E-state index < -0.39 is 17.5 Å². The van der Waals surface area contributed by atoms with Crippen LogP contribution in [0.3, 0.4) is 0 Å². The maximum absolute atomic E-state index is 11.7. The number of rotatable bonds is 7. The fourth-order valence-electron chi connectivity index (χ4n) is 1.42. The highest BCUT2D eigenvalue weighted by Crippen LogP contribution is 2.22. The van der Waals surface area contributed by atoms with Crippen molar-refractivity contribution >= 4 is 11.8 Å². The summed E-state index contributed by atoms with van der Waals surface area (Å²) in [7, 11) is 0. The number of aliphatic hydroxyl groups is 1. The lowest BCUT2D eigenvalue weighted by atomic mass is 10.1. The van der Waals surface area contributed by atoms with E-state index in [0.717, 1.165) is 6.07 Å². The van der Waals surface area contributed by atoms with Crippen LogP contribution in [0.4, 0.5) is 0 Å². The summed E-state index contributed by atoms with van der Waals surface area (Å²) in [5.41, 5.74) is -0.0296. The molecule has 7 nitrogen and oxygen atoms in total. The van der Waals surface area contributed by atoms with Gasteiger partial charge >= 0.3 is 5.97 Å². The van der Waals surface area contributed by atoms with E-state index in [1.807, 2.05) is 6.07 Å². The molecule has 0 aromatic heterocycles. The summed E-state index contributed by atoms with van der Waals surface area (Å²) in [6.45, 7) is 0.237. The minimum Gasteiger partial charge on any atom is -0.508 e. The number of carbonyl (C=O) groups excluding carboxylic acids is 1. The van der Waals surface area contributed by atoms with E-state index in [0.29, 0.717) is 18.9 Å². The van der Waals surface area contributed by atoms with Gasteiger partial charge in [-0.15, -0.1) is 0 Å². The molecule has 0 spiro atoms. The molecule has 0 saturated carbocycles. The quantitative estimate of drug-likeness (QED) is 0.302. The number of carboxylic acids is 1. The summed E-state index contributed by atoms with van der Waals surface area (Å²) in [6, 6.07) is 5.66. The van der Waals surface area contributed by atoms with Crippen LogP contribution in [0.15, 0.2) is 30.0 Å². The van der Waals surface area contributed by atoms with Gasteiger partial charge in [-0.3, -0.25) is 4.79 Å². The van der Waals surface area contributed by atoms with Gasteiger partial charge in [-0.1, -0.05) is 0 Å². The number of ether oxygens (including phenoxy) is 1. The Labute approximate surface area is 120 Å². The normalized spacial score (nSPS) is 10.7. The standard InChI is InChI=1S/C14H13NO6/c15-3-1-2-4-21-11-6-9(5-10(16)7-11)12(17)8-13(18)14(19)20/h5-8,16,18H,1-2,4H2,(H,19,20)/b13-8+. The van der Waals surface area contributed by atoms with E-state index in [1.165, 1.54) is 12.1 Å². The third-order valence-electron chi connectivity index (χ3n) is 2.36. The molecule has 7 heteroatoms. The summed E-state index contributed by atoms with van der Waals surface area (Å²) in [5.74, 6) is -3.54. The number of phenolic OH excluding ortho intramolecular Hbond substituents is 1. The molecule has 0 aliphatic heterocycles. The number of nitrogens with zero attached hydrogens (tertiary/aromatic N) is 1. The van der Waals surface area contributed by atoms with Crippen molar-refractivity contribution in [2.75, 3.05) is 6.61 Å². The summed E-state index contributed by atoms with van der Waals surface area (Å²) < 4.78 is 5.27. The third-order valence-corrected chi connectivity index (χ3v) is 2.36. The van der Waals surface area contributed by atoms with Crippen LogP contribution in [0.25, 0.3) is 0 Å². The topological polar surface area (TPSA) is 128 Å². The Hall–Kier alpha value is -3.01. The first-order valence-corrected chi connectivity index (χ1v) is 5.96. The van der Waals surface area contributed by atoms with Gasteiger partial charge in [0.1, 0.15) is 11.5 Å². The molecule has 0 fully saturated rings. The second-order valence-electron chi connectivity index (χ2n) is 4.02. The van der Waals surface area contributed by atoms with Gasteiger partial charge in [0.15, 0.2) is 5.78 Å². The van der Waals surface area contributed by atoms with Crippen LogP contribution >= 0.6 is 0 Å². The van der Waals surface area contributed by atoms with Gasteiger partial charge in [0, 0.05) is 24.1 Å². The van der Waals surface area contributed by atoms with Crippen molar-refractivity contribution in [1.82, 2.24) is 0 Å². The van der Waals surface area contributed by atoms with Gasteiger partial charge in [-0.05, 0) is 18.6 Å². The van der Waals surface area contributed by atoms with Gasteiger partial charge in [-0.25, -0.2) is 4.79 Å². The molecule has 21 heavy (non-hydrogen) atoms. The second-order valence-corrected chi connectivity index (χ2v) is 4.02. The first kappa shape index (κ1) is 16.0. The Morgan fingerprint density at radius 1 is 1.29 bits per heavy atom. The van der Waals surface area contributed by atoms with Crippen LogP contribution in [-0.2, 0) is 4.79 Å². The highest BCUT2D eigenvalue weighted by molar-refractivity contribution is 6.08. The lowest BCUT2D eigenvalue weighted by Gasteiger charge is -2.07. The monoisotopic (exact) mass is 291 g/mol. The van der Waals surface area contributed by atoms with Crippen LogP contribution < -0.4 is 4.74 Å². The Balaban J connectivity index is 2.87. The summed E-state index contributed by atoms with van der Waals surface area (Å²) in [5, 5.41) is 35.4. The van der Waals surface area contributed by atoms with Crippen LogP contribution in [0.2, 0.25) is 0 Å². The number of hydrogen-bond acceptors (Lipinski definition) is 6. The molecule has 1 aromatic rings. The SMILES string of the molecule is N#CCCCOc1cc(O)cc(C(=O)/C=C(/O)C(=O)O)c1. The zero-order valence-electron chi connectivity index (χ0n) is 10.9. The molecule has 1 rings (SSSR count). The maximum Gasteiger partial charge on any atom is 0.371 e. The molecule has 0 amide bonds. The minimum atomic E-state index is -1.63. The molecule has 3 N–H and O–H groups in total. The number of ketones is 1. The first-order chi connectivity index (χ1) is 9.93. The lowest BCUT2D eigenvalue weighted by molar-refractivity contribution is -0.135. The van der Waals surface area contributed by atoms with Crippen molar-refractivity contribution in [2.24, 2.45) is 0 Å². The van der Waals surface area contributed by atoms with Crippen molar-refractivity contribution in [3.8, 4) is 17.6 Å². The number of carboxylic acid groups (broad SMARTS) is 1. The average Bonchev–Trinajstić information content (AvgIpc) is 2.42. The summed E-state index contributed by atoms with van der Waals surface area (Å²) in [4.78, 5) is 22.2. The van der Waals surface area contributed by atoms with Crippen LogP contribution in [-0.4, -0.2) is 33.7 Å². The summed E-state index contributed by atoms with van der Waals surface area (Å²) in [6.07, 6.45) is 1.35. The van der Waals surface area contributed by atoms with E-state index in [2.05, 4.69) is 0 Å². The molecule has 0 aliphatic rings. The second kappa shape index (κ2) is 7.55. The molecule has 0 bridgehead atoms. The van der Waals surface area contributed by atoms with E-state index in [-0.39, 0.29) is 23.7 Å². The smallest absolute Gasteiger partial charge is 0.371 e. The highest BCUT2D eigenvalue weighted by Gasteiger charge is 2.11. The number of aromatic hydroxyl groups is 1. The Morgan fingerprint density at radius 2 is 2.00 bits per heavy atom. The van der Waals surface area contributed by atoms with E-state index in [1.54, 1.807) is 0 Å². The predicted molar refractivity (Wildman–Crippen MR) is 71.1 cm³/mol. The zero-order chi connectivity index (χ0) is 15.8. The Bertz CT molecular complexity index is 614. The largest absolute Gasteiger partial charge is 0.508 e. The molecule has 0 atom stereocenters. The zero-order valence-corrected chi connectivity index (χ0v) is 10.9. The van der Waals surface area contributed by atoms with Crippen molar-refractivity contribution < 1.29 is 29.6 Å². The van der Waals surface area contributed by atoms with Gasteiger partial charge in [0.2, 0.25) is 5.76 Å². The number of benzene rings is 1. The van der Waals surface area contributed by atoms with Gasteiger partial charge in [0.25, 0.3) is 0 Å². The Morgan fingerprint density at radius 3 is 2.62 bits per heavy atom. The average molecular weight is 291 g/mol. The number of phenols is 1. The fraction of sp³-hybridized carbons (Fsp3) is 0.214. The first-order valence-electron chi connectivity index (χ1n) is 5.96. The van der Waals surface area contributed by atoms with Crippen molar-refractivity contribution in [3.05, 3.63) is 35.6 Å². The number of nitriles is 1. The lowest BCUT2D eigenvalue weighted by Crippen LogP contribution is -2.04. The van der Waals surface area contributed by atoms with E-state index in [9.17, 15) is 14.7 Å². The number of carbonyl (C=O) groups is 2. The van der Waals surface area contributed by atoms with Crippen LogP contribution in [0.5, 0.6) is 11.5 Å². The molecule has 0 saturated heterocycles. The number of allylic oxidation sites excluding steroid dienone is 1. The molecule has 110 valence electrons. The maximum atomic E-state index is 11.7. The number of hydrogen-bond donors (Lipinski definition) is 3. The van der Waals surface area contributed by atoms with Crippen molar-refractivity contribution in [1.29, 1.82) is 5.26 Å². The molecular formula is C14H13NO6. The van der Waals surface area contributed by atoms with Crippen molar-refractivity contribution in [2.45, 2.75) is 12.8 Å².